The van der Waals surface area contributed by atoms with Crippen molar-refractivity contribution in [3.8, 4) is 11.8 Å². The Hall–Kier alpha value is -4.19. The zero-order valence-electron chi connectivity index (χ0n) is 17.2. The molecule has 0 fully saturated rings. The average Bonchev–Trinajstić information content (AvgIpc) is 2.85. The molecular weight excluding hydrogens is 406 g/mol. The van der Waals surface area contributed by atoms with Gasteiger partial charge in [0.15, 0.2) is 0 Å². The molecule has 32 heavy (non-hydrogen) atoms. The van der Waals surface area contributed by atoms with E-state index in [9.17, 15) is 9.59 Å². The van der Waals surface area contributed by atoms with Crippen LogP contribution in [0.5, 0.6) is 0 Å². The van der Waals surface area contributed by atoms with Crippen LogP contribution >= 0.6 is 0 Å². The number of pyridine rings is 1. The number of hydrogen-bond donors (Lipinski definition) is 5. The van der Waals surface area contributed by atoms with E-state index in [2.05, 4.69) is 27.5 Å². The van der Waals surface area contributed by atoms with Crippen molar-refractivity contribution in [3.05, 3.63) is 95.2 Å². The number of hydroxylamine groups is 1. The molecule has 0 aliphatic heterocycles. The summed E-state index contributed by atoms with van der Waals surface area (Å²) >= 11 is 0. The van der Waals surface area contributed by atoms with Crippen LogP contribution in [0, 0.1) is 11.8 Å². The maximum Gasteiger partial charge on any atom is 0.267 e. The van der Waals surface area contributed by atoms with Gasteiger partial charge < -0.3 is 16.4 Å². The fourth-order valence-electron chi connectivity index (χ4n) is 2.77. The number of aromatic nitrogens is 1. The normalized spacial score (nSPS) is 10.9. The van der Waals surface area contributed by atoms with Crippen LogP contribution in [0.2, 0.25) is 0 Å². The second-order valence-corrected chi connectivity index (χ2v) is 6.83. The molecule has 0 saturated carbocycles. The Balaban J connectivity index is 1.57. The van der Waals surface area contributed by atoms with Crippen molar-refractivity contribution in [2.45, 2.75) is 12.6 Å². The molecule has 8 heteroatoms. The summed E-state index contributed by atoms with van der Waals surface area (Å²) < 4.78 is 0. The fraction of sp³-hybridized carbons (Fsp3) is 0.125. The maximum atomic E-state index is 12.2. The van der Waals surface area contributed by atoms with Crippen LogP contribution in [0.25, 0.3) is 0 Å². The molecule has 0 spiro atoms. The number of carbonyl (C=O) groups excluding carboxylic acids is 2. The average molecular weight is 429 g/mol. The van der Waals surface area contributed by atoms with Crippen molar-refractivity contribution in [2.24, 2.45) is 5.73 Å². The van der Waals surface area contributed by atoms with E-state index >= 15 is 0 Å². The Morgan fingerprint density at radius 3 is 2.19 bits per heavy atom. The van der Waals surface area contributed by atoms with Crippen LogP contribution in [0.4, 0.5) is 5.82 Å². The number of anilines is 1. The summed E-state index contributed by atoms with van der Waals surface area (Å²) in [4.78, 5) is 27.9. The number of carbonyl (C=O) groups is 2. The summed E-state index contributed by atoms with van der Waals surface area (Å²) in [6.45, 7) is 0.527. The van der Waals surface area contributed by atoms with Crippen molar-refractivity contribution >= 4 is 17.6 Å². The molecule has 3 rings (SSSR count). The third-order valence-corrected chi connectivity index (χ3v) is 4.56. The third kappa shape index (κ3) is 6.40. The van der Waals surface area contributed by atoms with E-state index < -0.39 is 17.9 Å². The number of amides is 2. The Morgan fingerprint density at radius 1 is 0.969 bits per heavy atom. The lowest BCUT2D eigenvalue weighted by molar-refractivity contribution is -0.130. The van der Waals surface area contributed by atoms with Crippen LogP contribution in [0.1, 0.15) is 27.0 Å². The second kappa shape index (κ2) is 11.3. The van der Waals surface area contributed by atoms with E-state index in [0.29, 0.717) is 12.1 Å². The highest BCUT2D eigenvalue weighted by Crippen LogP contribution is 2.08. The van der Waals surface area contributed by atoms with E-state index in [1.165, 1.54) is 5.48 Å². The highest BCUT2D eigenvalue weighted by Gasteiger charge is 2.19. The summed E-state index contributed by atoms with van der Waals surface area (Å²) in [6, 6.07) is 19.3. The number of benzene rings is 2. The van der Waals surface area contributed by atoms with Gasteiger partial charge in [0.1, 0.15) is 11.9 Å². The Morgan fingerprint density at radius 2 is 1.62 bits per heavy atom. The minimum Gasteiger partial charge on any atom is -0.366 e. The van der Waals surface area contributed by atoms with Crippen molar-refractivity contribution in [2.75, 3.05) is 11.9 Å². The Bertz CT molecular complexity index is 1100. The largest absolute Gasteiger partial charge is 0.366 e. The van der Waals surface area contributed by atoms with Crippen LogP contribution in [0.15, 0.2) is 72.9 Å². The standard InChI is InChI=1S/C24H23N5O3/c25-15-21(24(31)29-32)28-23(30)20-12-10-18(11-13-20)5-4-17-6-8-19(9-7-17)16-27-22-3-1-2-14-26-22/h1-3,6-14,21,32H,15-16,25H2,(H,26,27)(H,28,30)(H,29,31)/t21-/m0/s1. The van der Waals surface area contributed by atoms with Gasteiger partial charge in [0.25, 0.3) is 11.8 Å². The molecule has 1 atom stereocenters. The quantitative estimate of drug-likeness (QED) is 0.221. The predicted octanol–water partition coefficient (Wildman–Crippen LogP) is 1.66. The summed E-state index contributed by atoms with van der Waals surface area (Å²) in [5.41, 5.74) is 9.99. The van der Waals surface area contributed by atoms with E-state index in [0.717, 1.165) is 22.5 Å². The summed E-state index contributed by atoms with van der Waals surface area (Å²) in [6.07, 6.45) is 1.74. The monoisotopic (exact) mass is 429 g/mol. The van der Waals surface area contributed by atoms with Gasteiger partial charge in [-0.2, -0.15) is 0 Å². The Kier molecular flexibility index (Phi) is 7.92. The van der Waals surface area contributed by atoms with Gasteiger partial charge in [-0.3, -0.25) is 14.8 Å². The van der Waals surface area contributed by atoms with Crippen molar-refractivity contribution in [1.29, 1.82) is 0 Å². The molecule has 3 aromatic rings. The van der Waals surface area contributed by atoms with E-state index in [4.69, 9.17) is 10.9 Å². The van der Waals surface area contributed by atoms with Crippen LogP contribution in [-0.4, -0.2) is 34.6 Å². The first-order valence-corrected chi connectivity index (χ1v) is 9.90. The molecule has 0 saturated heterocycles. The first-order valence-electron chi connectivity index (χ1n) is 9.90. The highest BCUT2D eigenvalue weighted by molar-refractivity contribution is 5.97. The lowest BCUT2D eigenvalue weighted by atomic mass is 10.1. The van der Waals surface area contributed by atoms with E-state index in [-0.39, 0.29) is 6.54 Å². The predicted molar refractivity (Wildman–Crippen MR) is 121 cm³/mol. The van der Waals surface area contributed by atoms with Crippen LogP contribution in [0.3, 0.4) is 0 Å². The minimum absolute atomic E-state index is 0.139. The van der Waals surface area contributed by atoms with Gasteiger partial charge in [0.05, 0.1) is 0 Å². The molecule has 162 valence electrons. The zero-order chi connectivity index (χ0) is 22.8. The number of nitrogens with two attached hydrogens (primary N) is 1. The molecule has 0 radical (unpaired) electrons. The minimum atomic E-state index is -1.02. The number of nitrogens with one attached hydrogen (secondary N) is 3. The van der Waals surface area contributed by atoms with Crippen molar-refractivity contribution < 1.29 is 14.8 Å². The molecular formula is C24H23N5O3. The molecule has 1 aromatic heterocycles. The Labute approximate surface area is 185 Å². The molecule has 0 aliphatic rings. The van der Waals surface area contributed by atoms with E-state index in [1.807, 2.05) is 42.5 Å². The lowest BCUT2D eigenvalue weighted by Crippen LogP contribution is -2.50. The van der Waals surface area contributed by atoms with Crippen LogP contribution in [-0.2, 0) is 11.3 Å². The molecule has 2 aromatic carbocycles. The topological polar surface area (TPSA) is 129 Å². The molecule has 0 aliphatic carbocycles. The lowest BCUT2D eigenvalue weighted by Gasteiger charge is -2.14. The number of rotatable bonds is 7. The van der Waals surface area contributed by atoms with Crippen LogP contribution < -0.4 is 21.8 Å². The number of nitrogens with zero attached hydrogens (tertiary/aromatic N) is 1. The van der Waals surface area contributed by atoms with Gasteiger partial charge in [-0.05, 0) is 54.1 Å². The summed E-state index contributed by atoms with van der Waals surface area (Å²) in [5.74, 6) is 5.73. The maximum absolute atomic E-state index is 12.2. The molecule has 8 nitrogen and oxygen atoms in total. The van der Waals surface area contributed by atoms with Gasteiger partial charge in [0.2, 0.25) is 0 Å². The van der Waals surface area contributed by atoms with Crippen molar-refractivity contribution in [1.82, 2.24) is 15.8 Å². The van der Waals surface area contributed by atoms with Gasteiger partial charge in [-0.15, -0.1) is 0 Å². The van der Waals surface area contributed by atoms with E-state index in [1.54, 1.807) is 30.5 Å². The highest BCUT2D eigenvalue weighted by atomic mass is 16.5. The first kappa shape index (κ1) is 22.5. The van der Waals surface area contributed by atoms with Gasteiger partial charge >= 0.3 is 0 Å². The van der Waals surface area contributed by atoms with Crippen molar-refractivity contribution in [3.63, 3.8) is 0 Å². The summed E-state index contributed by atoms with van der Waals surface area (Å²) in [5, 5.41) is 14.4. The number of hydrogen-bond acceptors (Lipinski definition) is 6. The fourth-order valence-corrected chi connectivity index (χ4v) is 2.77. The molecule has 0 unspecified atom stereocenters. The summed E-state index contributed by atoms with van der Waals surface area (Å²) in [7, 11) is 0. The van der Waals surface area contributed by atoms with Gasteiger partial charge in [-0.25, -0.2) is 10.5 Å². The second-order valence-electron chi connectivity index (χ2n) is 6.83. The molecule has 1 heterocycles. The third-order valence-electron chi connectivity index (χ3n) is 4.56. The molecule has 6 N–H and O–H groups in total. The smallest absolute Gasteiger partial charge is 0.267 e. The molecule has 2 amide bonds. The first-order chi connectivity index (χ1) is 15.6. The van der Waals surface area contributed by atoms with Gasteiger partial charge in [-0.1, -0.05) is 30.0 Å². The molecule has 0 bridgehead atoms. The SMILES string of the molecule is NC[C@H](NC(=O)c1ccc(C#Cc2ccc(CNc3ccccn3)cc2)cc1)C(=O)NO. The zero-order valence-corrected chi connectivity index (χ0v) is 17.2. The van der Waals surface area contributed by atoms with Gasteiger partial charge in [0, 0.05) is 36.0 Å².